The van der Waals surface area contributed by atoms with Gasteiger partial charge in [0, 0.05) is 18.7 Å². The van der Waals surface area contributed by atoms with Gasteiger partial charge in [0.25, 0.3) is 0 Å². The fraction of sp³-hybridized carbons (Fsp3) is 0.696. The highest BCUT2D eigenvalue weighted by molar-refractivity contribution is 7.80. The van der Waals surface area contributed by atoms with Crippen molar-refractivity contribution in [3.8, 4) is 0 Å². The lowest BCUT2D eigenvalue weighted by atomic mass is 10.0. The zero-order valence-corrected chi connectivity index (χ0v) is 23.9. The van der Waals surface area contributed by atoms with E-state index in [-0.39, 0.29) is 43.9 Å². The third-order valence-corrected chi connectivity index (χ3v) is 6.09. The molecular formula is C23H43N9O8S. The Morgan fingerprint density at radius 1 is 0.780 bits per heavy atom. The largest absolute Gasteiger partial charge is 0.481 e. The Hall–Kier alpha value is -3.64. The van der Waals surface area contributed by atoms with E-state index >= 15 is 0 Å². The zero-order valence-electron chi connectivity index (χ0n) is 23.0. The van der Waals surface area contributed by atoms with Gasteiger partial charge in [-0.3, -0.25) is 33.8 Å². The number of guanidine groups is 1. The first-order chi connectivity index (χ1) is 19.2. The first-order valence-electron chi connectivity index (χ1n) is 13.0. The fourth-order valence-corrected chi connectivity index (χ4v) is 3.52. The molecule has 0 radical (unpaired) electrons. The van der Waals surface area contributed by atoms with Crippen LogP contribution < -0.4 is 44.2 Å². The average Bonchev–Trinajstić information content (AvgIpc) is 2.90. The molecule has 17 nitrogen and oxygen atoms in total. The molecule has 234 valence electrons. The van der Waals surface area contributed by atoms with Gasteiger partial charge in [-0.2, -0.15) is 12.6 Å². The number of amides is 4. The SMILES string of the molecule is CC(NC(=O)C(CCCCN)NC(=O)C(CCC(=O)O)NC(=O)C(CCCN=C(N)N)NC(=O)C(N)CS)C(=O)O. The Kier molecular flexibility index (Phi) is 18.5. The van der Waals surface area contributed by atoms with Gasteiger partial charge in [-0.1, -0.05) is 0 Å². The van der Waals surface area contributed by atoms with Crippen LogP contribution in [-0.2, 0) is 28.8 Å². The van der Waals surface area contributed by atoms with E-state index in [1.165, 1.54) is 6.92 Å². The molecule has 0 aromatic carbocycles. The molecule has 0 aromatic heterocycles. The number of hydrogen-bond donors (Lipinski definition) is 11. The van der Waals surface area contributed by atoms with Gasteiger partial charge in [0.05, 0.1) is 6.04 Å². The van der Waals surface area contributed by atoms with Crippen LogP contribution in [0.1, 0.15) is 51.9 Å². The van der Waals surface area contributed by atoms with E-state index in [1.54, 1.807) is 0 Å². The molecule has 14 N–H and O–H groups in total. The minimum absolute atomic E-state index is 0.00802. The number of unbranched alkanes of at least 4 members (excludes halogenated alkanes) is 1. The third-order valence-electron chi connectivity index (χ3n) is 5.70. The van der Waals surface area contributed by atoms with Crippen LogP contribution in [-0.4, -0.2) is 101 Å². The third kappa shape index (κ3) is 16.3. The van der Waals surface area contributed by atoms with Crippen molar-refractivity contribution < 1.29 is 39.0 Å². The molecule has 0 bridgehead atoms. The predicted octanol–water partition coefficient (Wildman–Crippen LogP) is -3.67. The topological polar surface area (TPSA) is 307 Å². The maximum Gasteiger partial charge on any atom is 0.325 e. The van der Waals surface area contributed by atoms with E-state index in [1.807, 2.05) is 0 Å². The second-order valence-electron chi connectivity index (χ2n) is 9.21. The predicted molar refractivity (Wildman–Crippen MR) is 153 cm³/mol. The average molecular weight is 606 g/mol. The molecule has 0 saturated heterocycles. The Morgan fingerprint density at radius 2 is 1.27 bits per heavy atom. The van der Waals surface area contributed by atoms with Crippen LogP contribution in [0.3, 0.4) is 0 Å². The summed E-state index contributed by atoms with van der Waals surface area (Å²) >= 11 is 3.96. The summed E-state index contributed by atoms with van der Waals surface area (Å²) in [4.78, 5) is 77.7. The minimum atomic E-state index is -1.42. The summed E-state index contributed by atoms with van der Waals surface area (Å²) < 4.78 is 0. The summed E-state index contributed by atoms with van der Waals surface area (Å²) in [7, 11) is 0. The summed E-state index contributed by atoms with van der Waals surface area (Å²) in [5.74, 6) is -5.87. The maximum atomic E-state index is 13.2. The molecule has 0 heterocycles. The van der Waals surface area contributed by atoms with Crippen LogP contribution in [0, 0.1) is 0 Å². The number of aliphatic imine (C=N–C) groups is 1. The molecule has 0 aliphatic rings. The van der Waals surface area contributed by atoms with Crippen molar-refractivity contribution in [3.63, 3.8) is 0 Å². The van der Waals surface area contributed by atoms with Crippen molar-refractivity contribution in [2.45, 2.75) is 82.1 Å². The van der Waals surface area contributed by atoms with Crippen molar-refractivity contribution in [2.24, 2.45) is 27.9 Å². The number of rotatable bonds is 21. The van der Waals surface area contributed by atoms with Gasteiger partial charge < -0.3 is 54.4 Å². The number of nitrogens with one attached hydrogen (secondary N) is 4. The standard InChI is InChI=1S/C23H43N9O8S/c1-12(22(39)40)29-19(36)14(5-2-3-9-24)31-21(38)16(7-8-17(33)34)32-20(37)15(6-4-10-28-23(26)27)30-18(35)13(25)11-41/h12-16,41H,2-11,24-25H2,1H3,(H,29,36)(H,30,35)(H,31,38)(H,32,37)(H,33,34)(H,39,40)(H4,26,27,28). The summed E-state index contributed by atoms with van der Waals surface area (Å²) in [6.07, 6.45) is 0.471. The van der Waals surface area contributed by atoms with Gasteiger partial charge in [-0.25, -0.2) is 0 Å². The Balaban J connectivity index is 5.86. The molecule has 41 heavy (non-hydrogen) atoms. The van der Waals surface area contributed by atoms with E-state index in [0.717, 1.165) is 0 Å². The normalized spacial score (nSPS) is 14.3. The number of thiol groups is 1. The van der Waals surface area contributed by atoms with Crippen molar-refractivity contribution in [1.82, 2.24) is 21.3 Å². The summed E-state index contributed by atoms with van der Waals surface area (Å²) in [5.41, 5.74) is 21.8. The number of carbonyl (C=O) groups excluding carboxylic acids is 4. The van der Waals surface area contributed by atoms with Crippen molar-refractivity contribution >= 4 is 54.2 Å². The number of carboxylic acids is 2. The molecular weight excluding hydrogens is 562 g/mol. The van der Waals surface area contributed by atoms with Crippen molar-refractivity contribution in [1.29, 1.82) is 0 Å². The van der Waals surface area contributed by atoms with Gasteiger partial charge in [0.15, 0.2) is 5.96 Å². The lowest BCUT2D eigenvalue weighted by molar-refractivity contribution is -0.141. The van der Waals surface area contributed by atoms with Crippen LogP contribution in [0.25, 0.3) is 0 Å². The first kappa shape index (κ1) is 37.4. The molecule has 0 rings (SSSR count). The number of aliphatic carboxylic acids is 2. The van der Waals surface area contributed by atoms with Crippen molar-refractivity contribution in [2.75, 3.05) is 18.8 Å². The second-order valence-corrected chi connectivity index (χ2v) is 9.57. The highest BCUT2D eigenvalue weighted by Gasteiger charge is 2.31. The molecule has 0 fully saturated rings. The van der Waals surface area contributed by atoms with Crippen LogP contribution in [0.15, 0.2) is 4.99 Å². The highest BCUT2D eigenvalue weighted by atomic mass is 32.1. The smallest absolute Gasteiger partial charge is 0.325 e. The first-order valence-corrected chi connectivity index (χ1v) is 13.6. The molecule has 0 aliphatic carbocycles. The quantitative estimate of drug-likeness (QED) is 0.0261. The number of nitrogens with zero attached hydrogens (tertiary/aromatic N) is 1. The van der Waals surface area contributed by atoms with Gasteiger partial charge in [0.1, 0.15) is 24.2 Å². The monoisotopic (exact) mass is 605 g/mol. The van der Waals surface area contributed by atoms with Crippen LogP contribution in [0.5, 0.6) is 0 Å². The number of carbonyl (C=O) groups is 6. The lowest BCUT2D eigenvalue weighted by Crippen LogP contribution is -2.58. The van der Waals surface area contributed by atoms with E-state index in [9.17, 15) is 28.8 Å². The molecule has 5 unspecified atom stereocenters. The van der Waals surface area contributed by atoms with Gasteiger partial charge >= 0.3 is 11.9 Å². The molecule has 0 aromatic rings. The minimum Gasteiger partial charge on any atom is -0.481 e. The fourth-order valence-electron chi connectivity index (χ4n) is 3.35. The molecule has 0 spiro atoms. The summed E-state index contributed by atoms with van der Waals surface area (Å²) in [6, 6.07) is -6.08. The lowest BCUT2D eigenvalue weighted by Gasteiger charge is -2.26. The number of carboxylic acid groups (broad SMARTS) is 2. The second kappa shape index (κ2) is 20.3. The number of hydrogen-bond acceptors (Lipinski definition) is 10. The Bertz CT molecular complexity index is 933. The van der Waals surface area contributed by atoms with Crippen molar-refractivity contribution in [3.05, 3.63) is 0 Å². The molecule has 0 saturated carbocycles. The Morgan fingerprint density at radius 3 is 1.73 bits per heavy atom. The van der Waals surface area contributed by atoms with E-state index in [0.29, 0.717) is 19.4 Å². The molecule has 0 aliphatic heterocycles. The van der Waals surface area contributed by atoms with Crippen LogP contribution >= 0.6 is 12.6 Å². The zero-order chi connectivity index (χ0) is 31.5. The Labute approximate surface area is 243 Å². The summed E-state index contributed by atoms with van der Waals surface area (Å²) in [6.45, 7) is 1.70. The number of nitrogens with two attached hydrogens (primary N) is 4. The summed E-state index contributed by atoms with van der Waals surface area (Å²) in [5, 5.41) is 27.9. The van der Waals surface area contributed by atoms with Gasteiger partial charge in [-0.15, -0.1) is 0 Å². The molecule has 18 heteroatoms. The molecule has 5 atom stereocenters. The van der Waals surface area contributed by atoms with E-state index in [4.69, 9.17) is 33.1 Å². The van der Waals surface area contributed by atoms with Crippen LogP contribution in [0.2, 0.25) is 0 Å². The van der Waals surface area contributed by atoms with Gasteiger partial charge in [0.2, 0.25) is 23.6 Å². The van der Waals surface area contributed by atoms with E-state index < -0.39 is 72.2 Å². The molecule has 4 amide bonds. The van der Waals surface area contributed by atoms with E-state index in [2.05, 4.69) is 38.9 Å². The van der Waals surface area contributed by atoms with Crippen LogP contribution in [0.4, 0.5) is 0 Å². The maximum absolute atomic E-state index is 13.2. The van der Waals surface area contributed by atoms with Gasteiger partial charge in [-0.05, 0) is 52.0 Å². The highest BCUT2D eigenvalue weighted by Crippen LogP contribution is 2.07.